The van der Waals surface area contributed by atoms with Gasteiger partial charge in [-0.2, -0.15) is 0 Å². The molecule has 2 aromatic rings. The monoisotopic (exact) mass is 245 g/mol. The molecule has 96 valence electrons. The Morgan fingerprint density at radius 2 is 2.06 bits per heavy atom. The number of nitrogens with two attached hydrogens (primary N) is 1. The summed E-state index contributed by atoms with van der Waals surface area (Å²) in [4.78, 5) is 7.61. The minimum atomic E-state index is 0.630. The van der Waals surface area contributed by atoms with Crippen LogP contribution in [-0.4, -0.2) is 23.1 Å². The summed E-state index contributed by atoms with van der Waals surface area (Å²) in [7, 11) is 0. The minimum Gasteiger partial charge on any atom is -0.494 e. The van der Waals surface area contributed by atoms with Gasteiger partial charge >= 0.3 is 0 Å². The third-order valence-corrected chi connectivity index (χ3v) is 2.64. The first-order valence-corrected chi connectivity index (χ1v) is 6.30. The lowest BCUT2D eigenvalue weighted by molar-refractivity contribution is 0.317. The Kier molecular flexibility index (Phi) is 4.36. The number of nitrogens with one attached hydrogen (secondary N) is 1. The normalized spacial score (nSPS) is 10.6. The highest BCUT2D eigenvalue weighted by Gasteiger charge is 2.03. The van der Waals surface area contributed by atoms with Gasteiger partial charge < -0.3 is 15.5 Å². The SMILES string of the molecule is CCCOc1ccc(-c2ncc(CCN)[nH]2)cc1. The topological polar surface area (TPSA) is 63.9 Å². The molecule has 4 heteroatoms. The number of H-pyrrole nitrogens is 1. The third-order valence-electron chi connectivity index (χ3n) is 2.64. The van der Waals surface area contributed by atoms with Gasteiger partial charge in [-0.15, -0.1) is 0 Å². The van der Waals surface area contributed by atoms with E-state index < -0.39 is 0 Å². The maximum absolute atomic E-state index is 5.54. The molecular weight excluding hydrogens is 226 g/mol. The largest absolute Gasteiger partial charge is 0.494 e. The Bertz CT molecular complexity index is 476. The fourth-order valence-electron chi connectivity index (χ4n) is 1.72. The lowest BCUT2D eigenvalue weighted by Crippen LogP contribution is -2.02. The van der Waals surface area contributed by atoms with Crippen molar-refractivity contribution in [1.29, 1.82) is 0 Å². The van der Waals surface area contributed by atoms with Gasteiger partial charge in [0, 0.05) is 23.9 Å². The van der Waals surface area contributed by atoms with Crippen molar-refractivity contribution in [2.75, 3.05) is 13.2 Å². The van der Waals surface area contributed by atoms with E-state index in [-0.39, 0.29) is 0 Å². The lowest BCUT2D eigenvalue weighted by Gasteiger charge is -2.04. The molecule has 0 bridgehead atoms. The summed E-state index contributed by atoms with van der Waals surface area (Å²) >= 11 is 0. The van der Waals surface area contributed by atoms with Crippen molar-refractivity contribution in [3.63, 3.8) is 0 Å². The maximum atomic E-state index is 5.54. The van der Waals surface area contributed by atoms with Crippen LogP contribution in [0.1, 0.15) is 19.0 Å². The first kappa shape index (κ1) is 12.6. The van der Waals surface area contributed by atoms with E-state index in [1.165, 1.54) is 0 Å². The Morgan fingerprint density at radius 3 is 2.72 bits per heavy atom. The Hall–Kier alpha value is -1.81. The number of hydrogen-bond acceptors (Lipinski definition) is 3. The number of rotatable bonds is 6. The average Bonchev–Trinajstić information content (AvgIpc) is 2.86. The van der Waals surface area contributed by atoms with Gasteiger partial charge in [-0.05, 0) is 37.2 Å². The molecule has 0 radical (unpaired) electrons. The van der Waals surface area contributed by atoms with Crippen molar-refractivity contribution in [2.24, 2.45) is 5.73 Å². The Balaban J connectivity index is 2.07. The van der Waals surface area contributed by atoms with Crippen molar-refractivity contribution < 1.29 is 4.74 Å². The highest BCUT2D eigenvalue weighted by Crippen LogP contribution is 2.20. The molecule has 0 amide bonds. The minimum absolute atomic E-state index is 0.630. The van der Waals surface area contributed by atoms with Gasteiger partial charge in [0.05, 0.1) is 6.61 Å². The Morgan fingerprint density at radius 1 is 1.28 bits per heavy atom. The zero-order chi connectivity index (χ0) is 12.8. The molecule has 1 aromatic carbocycles. The maximum Gasteiger partial charge on any atom is 0.137 e. The smallest absolute Gasteiger partial charge is 0.137 e. The molecule has 4 nitrogen and oxygen atoms in total. The second-order valence-electron chi connectivity index (χ2n) is 4.17. The molecule has 3 N–H and O–H groups in total. The van der Waals surface area contributed by atoms with Crippen LogP contribution in [0.2, 0.25) is 0 Å². The number of benzene rings is 1. The number of nitrogens with zero attached hydrogens (tertiary/aromatic N) is 1. The van der Waals surface area contributed by atoms with Gasteiger partial charge in [-0.1, -0.05) is 6.92 Å². The van der Waals surface area contributed by atoms with Crippen LogP contribution in [0.15, 0.2) is 30.5 Å². The molecule has 2 rings (SSSR count). The zero-order valence-electron chi connectivity index (χ0n) is 10.6. The lowest BCUT2D eigenvalue weighted by atomic mass is 10.2. The standard InChI is InChI=1S/C14H19N3O/c1-2-9-18-13-5-3-11(4-6-13)14-16-10-12(17-14)7-8-15/h3-6,10H,2,7-9,15H2,1H3,(H,16,17). The van der Waals surface area contributed by atoms with Gasteiger partial charge in [-0.3, -0.25) is 0 Å². The summed E-state index contributed by atoms with van der Waals surface area (Å²) in [5.74, 6) is 1.77. The molecule has 0 aliphatic carbocycles. The fourth-order valence-corrected chi connectivity index (χ4v) is 1.72. The van der Waals surface area contributed by atoms with Crippen LogP contribution < -0.4 is 10.5 Å². The number of ether oxygens (including phenoxy) is 1. The van der Waals surface area contributed by atoms with E-state index in [9.17, 15) is 0 Å². The van der Waals surface area contributed by atoms with Crippen molar-refractivity contribution in [3.05, 3.63) is 36.2 Å². The van der Waals surface area contributed by atoms with Gasteiger partial charge in [0.2, 0.25) is 0 Å². The Labute approximate surface area is 107 Å². The van der Waals surface area contributed by atoms with Gasteiger partial charge in [0.1, 0.15) is 11.6 Å². The molecular formula is C14H19N3O. The third kappa shape index (κ3) is 3.11. The van der Waals surface area contributed by atoms with Gasteiger partial charge in [0.15, 0.2) is 0 Å². The van der Waals surface area contributed by atoms with E-state index in [0.717, 1.165) is 42.3 Å². The zero-order valence-corrected chi connectivity index (χ0v) is 10.6. The predicted octanol–water partition coefficient (Wildman–Crippen LogP) is 2.37. The van der Waals surface area contributed by atoms with E-state index in [4.69, 9.17) is 10.5 Å². The highest BCUT2D eigenvalue weighted by atomic mass is 16.5. The second kappa shape index (κ2) is 6.21. The van der Waals surface area contributed by atoms with Gasteiger partial charge in [-0.25, -0.2) is 4.98 Å². The van der Waals surface area contributed by atoms with E-state index >= 15 is 0 Å². The van der Waals surface area contributed by atoms with Crippen molar-refractivity contribution in [3.8, 4) is 17.1 Å². The van der Waals surface area contributed by atoms with Crippen LogP contribution in [0.5, 0.6) is 5.75 Å². The molecule has 1 aromatic heterocycles. The molecule has 18 heavy (non-hydrogen) atoms. The van der Waals surface area contributed by atoms with E-state index in [1.54, 1.807) is 0 Å². The molecule has 0 unspecified atom stereocenters. The second-order valence-corrected chi connectivity index (χ2v) is 4.17. The van der Waals surface area contributed by atoms with Crippen molar-refractivity contribution in [1.82, 2.24) is 9.97 Å². The first-order valence-electron chi connectivity index (χ1n) is 6.30. The number of aromatic nitrogens is 2. The van der Waals surface area contributed by atoms with Crippen molar-refractivity contribution in [2.45, 2.75) is 19.8 Å². The molecule has 0 aliphatic heterocycles. The van der Waals surface area contributed by atoms with Crippen LogP contribution in [0.25, 0.3) is 11.4 Å². The summed E-state index contributed by atoms with van der Waals surface area (Å²) in [6, 6.07) is 7.96. The molecule has 0 saturated carbocycles. The summed E-state index contributed by atoms with van der Waals surface area (Å²) in [5.41, 5.74) is 7.64. The first-order chi connectivity index (χ1) is 8.83. The number of aromatic amines is 1. The summed E-state index contributed by atoms with van der Waals surface area (Å²) < 4.78 is 5.54. The predicted molar refractivity (Wildman–Crippen MR) is 72.6 cm³/mol. The summed E-state index contributed by atoms with van der Waals surface area (Å²) in [5, 5.41) is 0. The molecule has 0 aliphatic rings. The van der Waals surface area contributed by atoms with Crippen LogP contribution in [0.4, 0.5) is 0 Å². The molecule has 0 spiro atoms. The molecule has 0 saturated heterocycles. The average molecular weight is 245 g/mol. The fraction of sp³-hybridized carbons (Fsp3) is 0.357. The number of imidazole rings is 1. The van der Waals surface area contributed by atoms with Gasteiger partial charge in [0.25, 0.3) is 0 Å². The molecule has 0 atom stereocenters. The summed E-state index contributed by atoms with van der Waals surface area (Å²) in [6.07, 6.45) is 3.68. The van der Waals surface area contributed by atoms with Crippen LogP contribution in [0.3, 0.4) is 0 Å². The summed E-state index contributed by atoms with van der Waals surface area (Å²) in [6.45, 7) is 3.47. The van der Waals surface area contributed by atoms with Crippen LogP contribution in [0, 0.1) is 0 Å². The van der Waals surface area contributed by atoms with E-state index in [0.29, 0.717) is 6.54 Å². The van der Waals surface area contributed by atoms with E-state index in [1.807, 2.05) is 30.5 Å². The molecule has 1 heterocycles. The van der Waals surface area contributed by atoms with Crippen LogP contribution >= 0.6 is 0 Å². The van der Waals surface area contributed by atoms with Crippen LogP contribution in [-0.2, 0) is 6.42 Å². The quantitative estimate of drug-likeness (QED) is 0.821. The van der Waals surface area contributed by atoms with Crippen molar-refractivity contribution >= 4 is 0 Å². The number of hydrogen-bond donors (Lipinski definition) is 2. The van der Waals surface area contributed by atoms with E-state index in [2.05, 4.69) is 16.9 Å². The highest BCUT2D eigenvalue weighted by molar-refractivity contribution is 5.56. The molecule has 0 fully saturated rings.